The molecule has 2 aromatic heterocycles. The first kappa shape index (κ1) is 13.6. The number of anilines is 1. The summed E-state index contributed by atoms with van der Waals surface area (Å²) in [6.45, 7) is 6.33. The lowest BCUT2D eigenvalue weighted by Crippen LogP contribution is -2.08. The molecule has 0 radical (unpaired) electrons. The third kappa shape index (κ3) is 2.75. The van der Waals surface area contributed by atoms with Crippen molar-refractivity contribution in [2.75, 3.05) is 5.32 Å². The second-order valence-electron chi connectivity index (χ2n) is 5.36. The van der Waals surface area contributed by atoms with Crippen molar-refractivity contribution >= 4 is 11.6 Å². The van der Waals surface area contributed by atoms with Crippen LogP contribution in [0.1, 0.15) is 36.6 Å². The average molecular weight is 280 g/mol. The predicted octanol–water partition coefficient (Wildman–Crippen LogP) is 3.77. The summed E-state index contributed by atoms with van der Waals surface area (Å²) in [4.78, 5) is 4.55. The molecule has 1 unspecified atom stereocenters. The highest BCUT2D eigenvalue weighted by molar-refractivity contribution is 5.50. The number of pyridine rings is 1. The van der Waals surface area contributed by atoms with E-state index in [0.717, 1.165) is 17.6 Å². The van der Waals surface area contributed by atoms with Crippen LogP contribution in [0.15, 0.2) is 42.6 Å². The number of benzene rings is 1. The molecule has 1 atom stereocenters. The Morgan fingerprint density at radius 3 is 2.62 bits per heavy atom. The molecule has 1 aromatic carbocycles. The van der Waals surface area contributed by atoms with Gasteiger partial charge in [0.1, 0.15) is 0 Å². The van der Waals surface area contributed by atoms with E-state index in [0.29, 0.717) is 5.95 Å². The van der Waals surface area contributed by atoms with Gasteiger partial charge in [-0.1, -0.05) is 37.3 Å². The molecule has 0 aliphatic heterocycles. The first-order valence-electron chi connectivity index (χ1n) is 7.34. The summed E-state index contributed by atoms with van der Waals surface area (Å²) in [5, 5.41) is 7.84. The second-order valence-corrected chi connectivity index (χ2v) is 5.36. The van der Waals surface area contributed by atoms with E-state index in [1.54, 1.807) is 0 Å². The van der Waals surface area contributed by atoms with Crippen LogP contribution in [-0.2, 0) is 6.42 Å². The first-order chi connectivity index (χ1) is 10.2. The van der Waals surface area contributed by atoms with E-state index >= 15 is 0 Å². The number of aryl methyl sites for hydroxylation is 2. The van der Waals surface area contributed by atoms with Crippen LogP contribution in [-0.4, -0.2) is 14.6 Å². The van der Waals surface area contributed by atoms with Crippen LogP contribution in [0.4, 0.5) is 5.95 Å². The number of hydrogen-bond donors (Lipinski definition) is 1. The first-order valence-corrected chi connectivity index (χ1v) is 7.34. The number of nitrogens with one attached hydrogen (secondary N) is 1. The Morgan fingerprint density at radius 2 is 1.95 bits per heavy atom. The predicted molar refractivity (Wildman–Crippen MR) is 85.6 cm³/mol. The summed E-state index contributed by atoms with van der Waals surface area (Å²) >= 11 is 0. The number of aromatic nitrogens is 3. The summed E-state index contributed by atoms with van der Waals surface area (Å²) in [5.74, 6) is 0.663. The van der Waals surface area contributed by atoms with E-state index in [2.05, 4.69) is 53.5 Å². The zero-order chi connectivity index (χ0) is 14.8. The molecule has 2 heterocycles. The van der Waals surface area contributed by atoms with Crippen LogP contribution >= 0.6 is 0 Å². The Hall–Kier alpha value is -2.36. The van der Waals surface area contributed by atoms with Crippen molar-refractivity contribution in [3.05, 3.63) is 59.3 Å². The molecule has 3 aromatic rings. The van der Waals surface area contributed by atoms with Gasteiger partial charge in [-0.2, -0.15) is 4.98 Å². The molecular formula is C17H20N4. The van der Waals surface area contributed by atoms with Gasteiger partial charge >= 0.3 is 0 Å². The van der Waals surface area contributed by atoms with Crippen LogP contribution in [0.2, 0.25) is 0 Å². The van der Waals surface area contributed by atoms with Gasteiger partial charge in [0.05, 0.1) is 6.04 Å². The number of nitrogens with zero attached hydrogens (tertiary/aromatic N) is 3. The minimum atomic E-state index is 0.175. The van der Waals surface area contributed by atoms with Gasteiger partial charge in [0, 0.05) is 6.20 Å². The highest BCUT2D eigenvalue weighted by atomic mass is 15.3. The van der Waals surface area contributed by atoms with Gasteiger partial charge in [-0.25, -0.2) is 4.52 Å². The zero-order valence-corrected chi connectivity index (χ0v) is 12.7. The largest absolute Gasteiger partial charge is 0.346 e. The highest BCUT2D eigenvalue weighted by Gasteiger charge is 2.10. The Labute approximate surface area is 124 Å². The number of fused-ring (bicyclic) bond motifs is 1. The van der Waals surface area contributed by atoms with E-state index in [1.165, 1.54) is 11.1 Å². The van der Waals surface area contributed by atoms with Crippen LogP contribution in [0.25, 0.3) is 5.65 Å². The Morgan fingerprint density at radius 1 is 1.19 bits per heavy atom. The summed E-state index contributed by atoms with van der Waals surface area (Å²) < 4.78 is 1.81. The maximum absolute atomic E-state index is 4.55. The molecule has 21 heavy (non-hydrogen) atoms. The van der Waals surface area contributed by atoms with Crippen LogP contribution < -0.4 is 5.32 Å². The minimum absolute atomic E-state index is 0.175. The van der Waals surface area contributed by atoms with Crippen LogP contribution in [0.3, 0.4) is 0 Å². The van der Waals surface area contributed by atoms with Gasteiger partial charge in [0.2, 0.25) is 5.95 Å². The van der Waals surface area contributed by atoms with Crippen molar-refractivity contribution in [2.24, 2.45) is 0 Å². The number of hydrogen-bond acceptors (Lipinski definition) is 3. The van der Waals surface area contributed by atoms with Crippen molar-refractivity contribution in [3.8, 4) is 0 Å². The summed E-state index contributed by atoms with van der Waals surface area (Å²) in [5.41, 5.74) is 4.61. The lowest BCUT2D eigenvalue weighted by Gasteiger charge is -2.13. The van der Waals surface area contributed by atoms with Crippen molar-refractivity contribution in [2.45, 2.75) is 33.2 Å². The van der Waals surface area contributed by atoms with Gasteiger partial charge in [-0.3, -0.25) is 0 Å². The van der Waals surface area contributed by atoms with Gasteiger partial charge < -0.3 is 5.32 Å². The van der Waals surface area contributed by atoms with Gasteiger partial charge in [-0.15, -0.1) is 5.10 Å². The Balaban J connectivity index is 1.81. The summed E-state index contributed by atoms with van der Waals surface area (Å²) in [7, 11) is 0. The summed E-state index contributed by atoms with van der Waals surface area (Å²) in [6, 6.07) is 12.9. The third-order valence-corrected chi connectivity index (χ3v) is 3.79. The molecule has 4 heteroatoms. The molecule has 0 aliphatic carbocycles. The molecular weight excluding hydrogens is 260 g/mol. The molecule has 0 saturated heterocycles. The third-order valence-electron chi connectivity index (χ3n) is 3.79. The van der Waals surface area contributed by atoms with Crippen molar-refractivity contribution in [1.82, 2.24) is 14.6 Å². The monoisotopic (exact) mass is 280 g/mol. The summed E-state index contributed by atoms with van der Waals surface area (Å²) in [6.07, 6.45) is 2.98. The molecule has 0 fully saturated rings. The zero-order valence-electron chi connectivity index (χ0n) is 12.7. The number of rotatable bonds is 4. The smallest absolute Gasteiger partial charge is 0.243 e. The molecule has 0 spiro atoms. The van der Waals surface area contributed by atoms with Crippen LogP contribution in [0.5, 0.6) is 0 Å². The topological polar surface area (TPSA) is 42.2 Å². The van der Waals surface area contributed by atoms with E-state index in [9.17, 15) is 0 Å². The highest BCUT2D eigenvalue weighted by Crippen LogP contribution is 2.19. The van der Waals surface area contributed by atoms with E-state index < -0.39 is 0 Å². The average Bonchev–Trinajstić information content (AvgIpc) is 2.91. The Bertz CT molecular complexity index is 743. The normalized spacial score (nSPS) is 12.5. The van der Waals surface area contributed by atoms with Gasteiger partial charge in [0.25, 0.3) is 0 Å². The van der Waals surface area contributed by atoms with E-state index in [1.807, 2.05) is 29.8 Å². The minimum Gasteiger partial charge on any atom is -0.346 e. The fourth-order valence-electron chi connectivity index (χ4n) is 2.42. The fourth-order valence-corrected chi connectivity index (χ4v) is 2.42. The maximum Gasteiger partial charge on any atom is 0.243 e. The van der Waals surface area contributed by atoms with Crippen molar-refractivity contribution < 1.29 is 0 Å². The van der Waals surface area contributed by atoms with Gasteiger partial charge in [-0.05, 0) is 43.0 Å². The van der Waals surface area contributed by atoms with Crippen molar-refractivity contribution in [1.29, 1.82) is 0 Å². The Kier molecular flexibility index (Phi) is 3.60. The molecule has 0 saturated carbocycles. The standard InChI is InChI=1S/C17H20N4/c1-4-14-7-9-15(10-8-14)13(3)18-17-19-16-12(2)6-5-11-21(16)20-17/h5-11,13H,4H2,1-3H3,(H,18,20). The molecule has 4 nitrogen and oxygen atoms in total. The molecule has 3 rings (SSSR count). The fraction of sp³-hybridized carbons (Fsp3) is 0.294. The maximum atomic E-state index is 4.55. The van der Waals surface area contributed by atoms with E-state index in [4.69, 9.17) is 0 Å². The molecule has 0 bridgehead atoms. The molecule has 0 amide bonds. The lowest BCUT2D eigenvalue weighted by atomic mass is 10.1. The van der Waals surface area contributed by atoms with Crippen molar-refractivity contribution in [3.63, 3.8) is 0 Å². The van der Waals surface area contributed by atoms with Crippen LogP contribution in [0, 0.1) is 6.92 Å². The SMILES string of the molecule is CCc1ccc(C(C)Nc2nc3c(C)cccn3n2)cc1. The molecule has 0 aliphatic rings. The second kappa shape index (κ2) is 5.56. The lowest BCUT2D eigenvalue weighted by molar-refractivity contribution is 0.851. The molecule has 1 N–H and O–H groups in total. The quantitative estimate of drug-likeness (QED) is 0.791. The molecule has 108 valence electrons. The van der Waals surface area contributed by atoms with E-state index in [-0.39, 0.29) is 6.04 Å². The van der Waals surface area contributed by atoms with Gasteiger partial charge in [0.15, 0.2) is 5.65 Å².